The van der Waals surface area contributed by atoms with Crippen LogP contribution >= 0.6 is 0 Å². The van der Waals surface area contributed by atoms with E-state index < -0.39 is 12.1 Å². The van der Waals surface area contributed by atoms with Crippen LogP contribution in [-0.2, 0) is 14.3 Å². The van der Waals surface area contributed by atoms with E-state index in [0.717, 1.165) is 44.9 Å². The molecule has 6 nitrogen and oxygen atoms in total. The van der Waals surface area contributed by atoms with Gasteiger partial charge in [0.1, 0.15) is 0 Å². The van der Waals surface area contributed by atoms with Crippen LogP contribution in [0.25, 0.3) is 0 Å². The van der Waals surface area contributed by atoms with Crippen LogP contribution < -0.4 is 5.32 Å². The molecule has 2 atom stereocenters. The van der Waals surface area contributed by atoms with E-state index in [1.807, 2.05) is 6.08 Å². The van der Waals surface area contributed by atoms with Gasteiger partial charge in [0, 0.05) is 12.8 Å². The predicted octanol–water partition coefficient (Wildman–Crippen LogP) is 20.2. The van der Waals surface area contributed by atoms with Crippen molar-refractivity contribution in [2.45, 2.75) is 366 Å². The van der Waals surface area contributed by atoms with Gasteiger partial charge in [-0.25, -0.2) is 0 Å². The first-order valence-corrected chi connectivity index (χ1v) is 32.1. The van der Waals surface area contributed by atoms with Crippen LogP contribution in [-0.4, -0.2) is 47.4 Å². The van der Waals surface area contributed by atoms with Gasteiger partial charge in [-0.15, -0.1) is 0 Å². The fraction of sp³-hybridized carbons (Fsp3) is 0.908. The number of unbranched alkanes of at least 4 members (excludes halogenated alkanes) is 47. The summed E-state index contributed by atoms with van der Waals surface area (Å²) in [6, 6.07) is -0.633. The summed E-state index contributed by atoms with van der Waals surface area (Å²) in [5, 5.41) is 23.2. The second-order valence-corrected chi connectivity index (χ2v) is 22.1. The molecular weight excluding hydrogens is 875 g/mol. The summed E-state index contributed by atoms with van der Waals surface area (Å²) in [7, 11) is 0. The second kappa shape index (κ2) is 60.9. The third kappa shape index (κ3) is 57.5. The molecule has 0 rings (SSSR count). The summed E-state index contributed by atoms with van der Waals surface area (Å²) in [5.74, 6) is -0.0746. The maximum absolute atomic E-state index is 12.5. The monoisotopic (exact) mass is 1000 g/mol. The molecule has 0 fully saturated rings. The fourth-order valence-corrected chi connectivity index (χ4v) is 10.0. The maximum Gasteiger partial charge on any atom is 0.305 e. The molecule has 0 saturated carbocycles. The molecule has 3 N–H and O–H groups in total. The Balaban J connectivity index is 3.45. The molecule has 0 aromatic rings. The first kappa shape index (κ1) is 69.3. The lowest BCUT2D eigenvalue weighted by Gasteiger charge is -2.20. The average Bonchev–Trinajstić information content (AvgIpc) is 3.37. The molecule has 0 aromatic carbocycles. The minimum atomic E-state index is -0.849. The van der Waals surface area contributed by atoms with Crippen LogP contribution in [0.3, 0.4) is 0 Å². The third-order valence-electron chi connectivity index (χ3n) is 15.0. The van der Waals surface area contributed by atoms with Gasteiger partial charge in [0.2, 0.25) is 5.91 Å². The molecule has 0 heterocycles. The summed E-state index contributed by atoms with van der Waals surface area (Å²) in [5.41, 5.74) is 0. The number of hydrogen-bond acceptors (Lipinski definition) is 5. The van der Waals surface area contributed by atoms with Gasteiger partial charge in [-0.3, -0.25) is 9.59 Å². The Morgan fingerprint density at radius 1 is 0.380 bits per heavy atom. The highest BCUT2D eigenvalue weighted by Gasteiger charge is 2.18. The molecule has 0 aliphatic carbocycles. The highest BCUT2D eigenvalue weighted by atomic mass is 16.5. The molecule has 0 spiro atoms. The van der Waals surface area contributed by atoms with E-state index in [-0.39, 0.29) is 18.5 Å². The van der Waals surface area contributed by atoms with Crippen LogP contribution in [0, 0.1) is 0 Å². The first-order valence-electron chi connectivity index (χ1n) is 32.1. The molecule has 0 aromatic heterocycles. The van der Waals surface area contributed by atoms with Crippen molar-refractivity contribution in [3.63, 3.8) is 0 Å². The SMILES string of the molecule is CCCCC/C=C\CCCCCCCC(=O)OCCCCCCCCCCCCCCCCCCCC(=O)NC(CO)C(O)/C=C/CCCCCCCCCCCCCCCCCCCCCCCCC. The quantitative estimate of drug-likeness (QED) is 0.0320. The highest BCUT2D eigenvalue weighted by Crippen LogP contribution is 2.18. The Kier molecular flexibility index (Phi) is 59.5. The van der Waals surface area contributed by atoms with Gasteiger partial charge in [0.15, 0.2) is 0 Å². The van der Waals surface area contributed by atoms with E-state index in [1.165, 1.54) is 283 Å². The van der Waals surface area contributed by atoms with Crippen LogP contribution in [0.4, 0.5) is 0 Å². The standard InChI is InChI=1S/C65H125NO5/c1-3-5-7-9-11-13-15-17-18-19-20-21-22-23-24-25-26-28-31-34-37-41-45-49-53-57-63(68)62(61-67)66-64(69)58-54-50-46-42-38-35-32-29-27-30-33-36-40-44-48-52-56-60-71-65(70)59-55-51-47-43-39-16-14-12-10-8-6-4-2/h12,14,53,57,62-63,67-68H,3-11,13,15-52,54-56,58-61H2,1-2H3,(H,66,69)/b14-12-,57-53+. The molecule has 71 heavy (non-hydrogen) atoms. The minimum Gasteiger partial charge on any atom is -0.466 e. The lowest BCUT2D eigenvalue weighted by molar-refractivity contribution is -0.143. The number of rotatable bonds is 60. The number of carbonyl (C=O) groups is 2. The number of hydrogen-bond donors (Lipinski definition) is 3. The molecule has 0 aliphatic heterocycles. The number of nitrogens with one attached hydrogen (secondary N) is 1. The van der Waals surface area contributed by atoms with E-state index >= 15 is 0 Å². The van der Waals surface area contributed by atoms with Crippen molar-refractivity contribution < 1.29 is 24.5 Å². The second-order valence-electron chi connectivity index (χ2n) is 22.1. The molecule has 0 saturated heterocycles. The molecule has 1 amide bonds. The number of aliphatic hydroxyl groups is 2. The topological polar surface area (TPSA) is 95.9 Å². The van der Waals surface area contributed by atoms with Crippen molar-refractivity contribution >= 4 is 11.9 Å². The van der Waals surface area contributed by atoms with Gasteiger partial charge in [0.25, 0.3) is 0 Å². The Labute approximate surface area is 443 Å². The van der Waals surface area contributed by atoms with Crippen molar-refractivity contribution in [1.82, 2.24) is 5.32 Å². The molecule has 420 valence electrons. The third-order valence-corrected chi connectivity index (χ3v) is 15.0. The Morgan fingerprint density at radius 3 is 1.03 bits per heavy atom. The number of amides is 1. The first-order chi connectivity index (χ1) is 35.0. The number of carbonyl (C=O) groups excluding carboxylic acids is 2. The predicted molar refractivity (Wildman–Crippen MR) is 310 cm³/mol. The summed E-state index contributed by atoms with van der Waals surface area (Å²) in [6.45, 7) is 4.89. The Bertz CT molecular complexity index is 1110. The molecule has 6 heteroatoms. The highest BCUT2D eigenvalue weighted by molar-refractivity contribution is 5.76. The van der Waals surface area contributed by atoms with Crippen LogP contribution in [0.15, 0.2) is 24.3 Å². The van der Waals surface area contributed by atoms with E-state index in [4.69, 9.17) is 4.74 Å². The summed E-state index contributed by atoms with van der Waals surface area (Å²) in [6.07, 6.45) is 75.1. The van der Waals surface area contributed by atoms with E-state index in [2.05, 4.69) is 31.3 Å². The van der Waals surface area contributed by atoms with Crippen molar-refractivity contribution in [2.75, 3.05) is 13.2 Å². The van der Waals surface area contributed by atoms with Gasteiger partial charge in [-0.1, -0.05) is 308 Å². The van der Waals surface area contributed by atoms with Crippen LogP contribution in [0.1, 0.15) is 354 Å². The van der Waals surface area contributed by atoms with Crippen LogP contribution in [0.5, 0.6) is 0 Å². The molecule has 0 bridgehead atoms. The van der Waals surface area contributed by atoms with Crippen molar-refractivity contribution in [1.29, 1.82) is 0 Å². The summed E-state index contributed by atoms with van der Waals surface area (Å²) < 4.78 is 5.46. The zero-order valence-electron chi connectivity index (χ0n) is 48.0. The number of aliphatic hydroxyl groups excluding tert-OH is 2. The van der Waals surface area contributed by atoms with Gasteiger partial charge in [-0.2, -0.15) is 0 Å². The van der Waals surface area contributed by atoms with Gasteiger partial charge in [-0.05, 0) is 57.8 Å². The average molecular weight is 1000 g/mol. The molecule has 2 unspecified atom stereocenters. The molecule has 0 aliphatic rings. The lowest BCUT2D eigenvalue weighted by Crippen LogP contribution is -2.45. The van der Waals surface area contributed by atoms with Crippen LogP contribution in [0.2, 0.25) is 0 Å². The number of allylic oxidation sites excluding steroid dienone is 3. The number of esters is 1. The normalized spacial score (nSPS) is 12.7. The molecular formula is C65H125NO5. The van der Waals surface area contributed by atoms with Gasteiger partial charge >= 0.3 is 5.97 Å². The lowest BCUT2D eigenvalue weighted by atomic mass is 10.0. The van der Waals surface area contributed by atoms with Crippen molar-refractivity contribution in [3.05, 3.63) is 24.3 Å². The Hall–Kier alpha value is -1.66. The summed E-state index contributed by atoms with van der Waals surface area (Å²) in [4.78, 5) is 24.5. The minimum absolute atomic E-state index is 0.00493. The van der Waals surface area contributed by atoms with Gasteiger partial charge in [0.05, 0.1) is 25.4 Å². The molecule has 0 radical (unpaired) electrons. The van der Waals surface area contributed by atoms with E-state index in [1.54, 1.807) is 6.08 Å². The number of ether oxygens (including phenoxy) is 1. The largest absolute Gasteiger partial charge is 0.466 e. The van der Waals surface area contributed by atoms with E-state index in [9.17, 15) is 19.8 Å². The zero-order chi connectivity index (χ0) is 51.4. The fourth-order valence-electron chi connectivity index (χ4n) is 10.0. The van der Waals surface area contributed by atoms with Crippen molar-refractivity contribution in [2.24, 2.45) is 0 Å². The maximum atomic E-state index is 12.5. The van der Waals surface area contributed by atoms with Gasteiger partial charge < -0.3 is 20.3 Å². The summed E-state index contributed by atoms with van der Waals surface area (Å²) >= 11 is 0. The zero-order valence-corrected chi connectivity index (χ0v) is 48.0. The van der Waals surface area contributed by atoms with Crippen molar-refractivity contribution in [3.8, 4) is 0 Å². The Morgan fingerprint density at radius 2 is 0.662 bits per heavy atom. The van der Waals surface area contributed by atoms with E-state index in [0.29, 0.717) is 19.4 Å². The smallest absolute Gasteiger partial charge is 0.305 e.